The van der Waals surface area contributed by atoms with Gasteiger partial charge in [0.05, 0.1) is 5.92 Å². The molecule has 3 nitrogen and oxygen atoms in total. The van der Waals surface area contributed by atoms with Gasteiger partial charge in [0.15, 0.2) is 0 Å². The van der Waals surface area contributed by atoms with E-state index in [1.165, 1.54) is 12.8 Å². The van der Waals surface area contributed by atoms with Gasteiger partial charge in [-0.3, -0.25) is 4.79 Å². The molecule has 0 aliphatic carbocycles. The minimum Gasteiger partial charge on any atom is -0.481 e. The third kappa shape index (κ3) is 6.57. The topological polar surface area (TPSA) is 50.2 Å². The molecule has 0 spiro atoms. The van der Waals surface area contributed by atoms with Gasteiger partial charge in [-0.1, -0.05) is 51.1 Å². The maximum Gasteiger partial charge on any atom is 0.307 e. The van der Waals surface area contributed by atoms with Crippen LogP contribution in [0.3, 0.4) is 0 Å². The van der Waals surface area contributed by atoms with Gasteiger partial charge in [-0.2, -0.15) is 0 Å². The number of thioether (sulfide) groups is 1. The zero-order valence-corrected chi connectivity index (χ0v) is 15.2. The Morgan fingerprint density at radius 2 is 2.18 bits per heavy atom. The van der Waals surface area contributed by atoms with Gasteiger partial charge < -0.3 is 5.11 Å². The molecule has 1 aromatic heterocycles. The van der Waals surface area contributed by atoms with Crippen LogP contribution in [0, 0.1) is 18.8 Å². The first-order valence-corrected chi connectivity index (χ1v) is 9.32. The molecule has 0 radical (unpaired) electrons. The van der Waals surface area contributed by atoms with E-state index in [0.29, 0.717) is 16.8 Å². The number of aliphatic carboxylic acids is 1. The number of rotatable bonds is 10. The molecule has 0 saturated carbocycles. The van der Waals surface area contributed by atoms with E-state index < -0.39 is 5.97 Å². The molecular weight excluding hydrogens is 318 g/mol. The van der Waals surface area contributed by atoms with Crippen molar-refractivity contribution in [3.63, 3.8) is 0 Å². The predicted molar refractivity (Wildman–Crippen MR) is 93.8 cm³/mol. The highest BCUT2D eigenvalue weighted by atomic mass is 35.5. The number of nitrogens with zero attached hydrogens (tertiary/aromatic N) is 1. The molecule has 1 aromatic rings. The molecule has 22 heavy (non-hydrogen) atoms. The molecular formula is C17H26ClNO2S. The Kier molecular flexibility index (Phi) is 8.88. The van der Waals surface area contributed by atoms with Crippen molar-refractivity contribution < 1.29 is 9.90 Å². The van der Waals surface area contributed by atoms with Gasteiger partial charge in [0, 0.05) is 16.8 Å². The van der Waals surface area contributed by atoms with Crippen molar-refractivity contribution in [2.75, 3.05) is 5.75 Å². The lowest BCUT2D eigenvalue weighted by Crippen LogP contribution is -2.20. The van der Waals surface area contributed by atoms with E-state index in [0.717, 1.165) is 29.7 Å². The van der Waals surface area contributed by atoms with Gasteiger partial charge in [0.25, 0.3) is 0 Å². The number of hydrogen-bond donors (Lipinski definition) is 1. The van der Waals surface area contributed by atoms with Crippen molar-refractivity contribution in [2.45, 2.75) is 57.8 Å². The number of hydrogen-bond acceptors (Lipinski definition) is 3. The summed E-state index contributed by atoms with van der Waals surface area (Å²) >= 11 is 7.42. The average molecular weight is 344 g/mol. The van der Waals surface area contributed by atoms with Crippen LogP contribution in [0.2, 0.25) is 5.15 Å². The first-order chi connectivity index (χ1) is 10.5. The summed E-state index contributed by atoms with van der Waals surface area (Å²) in [6.45, 7) is 6.30. The quantitative estimate of drug-likeness (QED) is 0.453. The van der Waals surface area contributed by atoms with Gasteiger partial charge in [-0.05, 0) is 30.9 Å². The standard InChI is InChI=1S/C17H26ClNO2S/c1-4-6-7-13(5-2)9-14(17(20)21)11-22-15-10-19-16(18)8-12(15)3/h8,10,13-14H,4-7,9,11H2,1-3H3,(H,20,21). The lowest BCUT2D eigenvalue weighted by atomic mass is 9.89. The van der Waals surface area contributed by atoms with E-state index in [-0.39, 0.29) is 5.92 Å². The fraction of sp³-hybridized carbons (Fsp3) is 0.647. The zero-order chi connectivity index (χ0) is 16.5. The molecule has 0 fully saturated rings. The highest BCUT2D eigenvalue weighted by Gasteiger charge is 2.22. The average Bonchev–Trinajstić information content (AvgIpc) is 2.48. The Morgan fingerprint density at radius 1 is 1.45 bits per heavy atom. The Labute approximate surface area is 142 Å². The monoisotopic (exact) mass is 343 g/mol. The summed E-state index contributed by atoms with van der Waals surface area (Å²) in [5, 5.41) is 9.96. The molecule has 1 heterocycles. The van der Waals surface area contributed by atoms with E-state index in [1.54, 1.807) is 18.0 Å². The molecule has 0 aliphatic heterocycles. The second-order valence-corrected chi connectivity index (χ2v) is 7.22. The van der Waals surface area contributed by atoms with Gasteiger partial charge in [-0.15, -0.1) is 11.8 Å². The smallest absolute Gasteiger partial charge is 0.307 e. The van der Waals surface area contributed by atoms with Crippen LogP contribution in [0.1, 0.15) is 51.5 Å². The molecule has 0 amide bonds. The van der Waals surface area contributed by atoms with Crippen LogP contribution in [0.15, 0.2) is 17.2 Å². The number of carboxylic acids is 1. The van der Waals surface area contributed by atoms with Gasteiger partial charge in [-0.25, -0.2) is 4.98 Å². The van der Waals surface area contributed by atoms with E-state index in [4.69, 9.17) is 11.6 Å². The fourth-order valence-corrected chi connectivity index (χ4v) is 3.76. The van der Waals surface area contributed by atoms with E-state index in [2.05, 4.69) is 18.8 Å². The first kappa shape index (κ1) is 19.3. The number of unbranched alkanes of at least 4 members (excludes halogenated alkanes) is 1. The lowest BCUT2D eigenvalue weighted by Gasteiger charge is -2.19. The van der Waals surface area contributed by atoms with Crippen LogP contribution in [0.4, 0.5) is 0 Å². The number of carbonyl (C=O) groups is 1. The Hall–Kier alpha value is -0.740. The molecule has 0 bridgehead atoms. The maximum atomic E-state index is 11.5. The summed E-state index contributed by atoms with van der Waals surface area (Å²) in [5.74, 6) is 0.0947. The van der Waals surface area contributed by atoms with Crippen LogP contribution >= 0.6 is 23.4 Å². The third-order valence-corrected chi connectivity index (χ3v) is 5.49. The van der Waals surface area contributed by atoms with Crippen LogP contribution in [-0.2, 0) is 4.79 Å². The zero-order valence-electron chi connectivity index (χ0n) is 13.6. The summed E-state index contributed by atoms with van der Waals surface area (Å²) < 4.78 is 0. The SMILES string of the molecule is CCCCC(CC)CC(CSc1cnc(Cl)cc1C)C(=O)O. The number of aromatic nitrogens is 1. The number of carboxylic acid groups (broad SMARTS) is 1. The van der Waals surface area contributed by atoms with Crippen molar-refractivity contribution in [1.29, 1.82) is 0 Å². The summed E-state index contributed by atoms with van der Waals surface area (Å²) in [6, 6.07) is 1.82. The Balaban J connectivity index is 2.62. The third-order valence-electron chi connectivity index (χ3n) is 3.98. The van der Waals surface area contributed by atoms with Crippen molar-refractivity contribution in [3.05, 3.63) is 23.0 Å². The number of pyridine rings is 1. The van der Waals surface area contributed by atoms with Crippen LogP contribution in [0.25, 0.3) is 0 Å². The van der Waals surface area contributed by atoms with Crippen LogP contribution < -0.4 is 0 Å². The lowest BCUT2D eigenvalue weighted by molar-refractivity contribution is -0.141. The summed E-state index contributed by atoms with van der Waals surface area (Å²) in [4.78, 5) is 16.6. The van der Waals surface area contributed by atoms with Gasteiger partial charge >= 0.3 is 5.97 Å². The predicted octanol–water partition coefficient (Wildman–Crippen LogP) is 5.44. The highest BCUT2D eigenvalue weighted by molar-refractivity contribution is 7.99. The van der Waals surface area contributed by atoms with Crippen molar-refractivity contribution in [3.8, 4) is 0 Å². The molecule has 124 valence electrons. The molecule has 0 saturated heterocycles. The van der Waals surface area contributed by atoms with Crippen LogP contribution in [-0.4, -0.2) is 21.8 Å². The van der Waals surface area contributed by atoms with E-state index in [9.17, 15) is 9.90 Å². The van der Waals surface area contributed by atoms with Crippen molar-refractivity contribution >= 4 is 29.3 Å². The molecule has 1 rings (SSSR count). The largest absolute Gasteiger partial charge is 0.481 e. The summed E-state index contributed by atoms with van der Waals surface area (Å²) in [6.07, 6.45) is 7.02. The van der Waals surface area contributed by atoms with Crippen molar-refractivity contribution in [1.82, 2.24) is 4.98 Å². The second-order valence-electron chi connectivity index (χ2n) is 5.77. The number of aryl methyl sites for hydroxylation is 1. The van der Waals surface area contributed by atoms with Crippen LogP contribution in [0.5, 0.6) is 0 Å². The summed E-state index contributed by atoms with van der Waals surface area (Å²) in [5.41, 5.74) is 1.05. The Morgan fingerprint density at radius 3 is 2.73 bits per heavy atom. The number of halogens is 1. The minimum atomic E-state index is -0.693. The van der Waals surface area contributed by atoms with Gasteiger partial charge in [0.1, 0.15) is 5.15 Å². The molecule has 1 N–H and O–H groups in total. The molecule has 5 heteroatoms. The molecule has 0 aromatic carbocycles. The molecule has 0 aliphatic rings. The minimum absolute atomic E-state index is 0.304. The highest BCUT2D eigenvalue weighted by Crippen LogP contribution is 2.29. The van der Waals surface area contributed by atoms with E-state index >= 15 is 0 Å². The Bertz CT molecular complexity index is 482. The van der Waals surface area contributed by atoms with Crippen molar-refractivity contribution in [2.24, 2.45) is 11.8 Å². The van der Waals surface area contributed by atoms with E-state index in [1.807, 2.05) is 13.0 Å². The second kappa shape index (κ2) is 10.1. The maximum absolute atomic E-state index is 11.5. The molecule has 2 unspecified atom stereocenters. The summed E-state index contributed by atoms with van der Waals surface area (Å²) in [7, 11) is 0. The normalized spacial score (nSPS) is 13.8. The van der Waals surface area contributed by atoms with Gasteiger partial charge in [0.2, 0.25) is 0 Å². The fourth-order valence-electron chi connectivity index (χ4n) is 2.47. The molecule has 2 atom stereocenters. The first-order valence-electron chi connectivity index (χ1n) is 7.95.